The molecule has 1 atom stereocenters. The zero-order chi connectivity index (χ0) is 22.7. The number of aromatic nitrogens is 1. The number of nitrogens with zero attached hydrogens (tertiary/aromatic N) is 2. The van der Waals surface area contributed by atoms with E-state index in [1.54, 1.807) is 32.6 Å². The van der Waals surface area contributed by atoms with Crippen molar-refractivity contribution in [3.05, 3.63) is 23.4 Å². The lowest BCUT2D eigenvalue weighted by atomic mass is 9.90. The van der Waals surface area contributed by atoms with Gasteiger partial charge in [-0.2, -0.15) is 13.2 Å². The summed E-state index contributed by atoms with van der Waals surface area (Å²) in [5.41, 5.74) is -1.75. The summed E-state index contributed by atoms with van der Waals surface area (Å²) < 4.78 is 50.0. The quantitative estimate of drug-likeness (QED) is 0.715. The van der Waals surface area contributed by atoms with Crippen molar-refractivity contribution in [1.82, 2.24) is 9.88 Å². The molecule has 0 bridgehead atoms. The van der Waals surface area contributed by atoms with Crippen LogP contribution in [0.15, 0.2) is 12.1 Å². The number of anilines is 1. The topological polar surface area (TPSA) is 80.8 Å². The summed E-state index contributed by atoms with van der Waals surface area (Å²) in [6.07, 6.45) is -3.81. The fourth-order valence-electron chi connectivity index (χ4n) is 3.26. The summed E-state index contributed by atoms with van der Waals surface area (Å²) in [7, 11) is 1.13. The molecule has 168 valence electrons. The van der Waals surface area contributed by atoms with E-state index < -0.39 is 35.2 Å². The average molecular weight is 431 g/mol. The first kappa shape index (κ1) is 23.8. The van der Waals surface area contributed by atoms with Crippen LogP contribution >= 0.6 is 0 Å². The molecule has 7 nitrogen and oxygen atoms in total. The highest BCUT2D eigenvalue weighted by atomic mass is 19.4. The van der Waals surface area contributed by atoms with Gasteiger partial charge in [0.25, 0.3) is 0 Å². The molecule has 1 fully saturated rings. The number of pyridine rings is 1. The molecule has 0 saturated carbocycles. The normalized spacial score (nSPS) is 16.7. The van der Waals surface area contributed by atoms with Crippen LogP contribution in [0.25, 0.3) is 0 Å². The Bertz CT molecular complexity index is 770. The highest BCUT2D eigenvalue weighted by Gasteiger charge is 2.36. The number of rotatable bonds is 4. The lowest BCUT2D eigenvalue weighted by Gasteiger charge is -2.36. The minimum atomic E-state index is -4.62. The number of halogens is 3. The Morgan fingerprint density at radius 2 is 1.80 bits per heavy atom. The molecular weight excluding hydrogens is 403 g/mol. The maximum absolute atomic E-state index is 13.4. The van der Waals surface area contributed by atoms with Gasteiger partial charge in [-0.15, -0.1) is 0 Å². The minimum Gasteiger partial charge on any atom is -0.464 e. The van der Waals surface area contributed by atoms with Crippen molar-refractivity contribution in [3.63, 3.8) is 0 Å². The molecule has 1 amide bonds. The molecule has 1 aromatic heterocycles. The first-order valence-corrected chi connectivity index (χ1v) is 9.73. The van der Waals surface area contributed by atoms with Crippen LogP contribution in [0.4, 0.5) is 23.8 Å². The van der Waals surface area contributed by atoms with Gasteiger partial charge in [-0.3, -0.25) is 0 Å². The number of ether oxygens (including phenoxy) is 2. The fourth-order valence-corrected chi connectivity index (χ4v) is 3.26. The van der Waals surface area contributed by atoms with Crippen molar-refractivity contribution in [2.75, 3.05) is 25.5 Å². The van der Waals surface area contributed by atoms with Crippen LogP contribution in [0, 0.1) is 5.92 Å². The third-order valence-corrected chi connectivity index (χ3v) is 4.86. The van der Waals surface area contributed by atoms with E-state index in [2.05, 4.69) is 15.0 Å². The van der Waals surface area contributed by atoms with Crippen molar-refractivity contribution < 1.29 is 32.2 Å². The van der Waals surface area contributed by atoms with Crippen molar-refractivity contribution in [1.29, 1.82) is 0 Å². The van der Waals surface area contributed by atoms with Crippen LogP contribution in [0.3, 0.4) is 0 Å². The van der Waals surface area contributed by atoms with E-state index in [9.17, 15) is 22.8 Å². The van der Waals surface area contributed by atoms with Gasteiger partial charge in [0.15, 0.2) is 5.69 Å². The Morgan fingerprint density at radius 1 is 1.20 bits per heavy atom. The molecule has 1 aliphatic heterocycles. The summed E-state index contributed by atoms with van der Waals surface area (Å²) in [5.74, 6) is -1.20. The summed E-state index contributed by atoms with van der Waals surface area (Å²) >= 11 is 0. The smallest absolute Gasteiger partial charge is 0.419 e. The number of amides is 1. The molecule has 1 aliphatic rings. The number of nitrogens with one attached hydrogen (secondary N) is 1. The number of hydrogen-bond donors (Lipinski definition) is 1. The average Bonchev–Trinajstić information content (AvgIpc) is 2.65. The van der Waals surface area contributed by atoms with Crippen LogP contribution in [0.5, 0.6) is 0 Å². The molecule has 0 aliphatic carbocycles. The number of likely N-dealkylation sites (tertiary alicyclic amines) is 1. The van der Waals surface area contributed by atoms with Gasteiger partial charge in [-0.05, 0) is 58.6 Å². The van der Waals surface area contributed by atoms with E-state index in [0.717, 1.165) is 19.2 Å². The summed E-state index contributed by atoms with van der Waals surface area (Å²) in [6.45, 7) is 8.03. The van der Waals surface area contributed by atoms with Crippen LogP contribution in [0.1, 0.15) is 56.6 Å². The molecule has 1 N–H and O–H groups in total. The third-order valence-electron chi connectivity index (χ3n) is 4.86. The van der Waals surface area contributed by atoms with E-state index in [0.29, 0.717) is 25.9 Å². The maximum Gasteiger partial charge on any atom is 0.419 e. The van der Waals surface area contributed by atoms with Crippen molar-refractivity contribution in [2.24, 2.45) is 5.92 Å². The summed E-state index contributed by atoms with van der Waals surface area (Å²) in [6, 6.07) is 1.45. The lowest BCUT2D eigenvalue weighted by Crippen LogP contribution is -2.44. The molecule has 2 heterocycles. The molecule has 0 aromatic carbocycles. The van der Waals surface area contributed by atoms with Gasteiger partial charge in [0, 0.05) is 19.1 Å². The Hall–Kier alpha value is -2.52. The van der Waals surface area contributed by atoms with Gasteiger partial charge in [0.2, 0.25) is 0 Å². The second-order valence-corrected chi connectivity index (χ2v) is 8.32. The molecule has 0 unspecified atom stereocenters. The molecule has 0 radical (unpaired) electrons. The Balaban J connectivity index is 2.08. The molecule has 2 rings (SSSR count). The lowest BCUT2D eigenvalue weighted by molar-refractivity contribution is -0.137. The first-order valence-electron chi connectivity index (χ1n) is 9.73. The highest BCUT2D eigenvalue weighted by Crippen LogP contribution is 2.35. The molecular formula is C20H28F3N3O4. The van der Waals surface area contributed by atoms with Gasteiger partial charge in [-0.1, -0.05) is 0 Å². The first-order chi connectivity index (χ1) is 13.8. The van der Waals surface area contributed by atoms with Gasteiger partial charge in [0.05, 0.1) is 12.7 Å². The number of piperidine rings is 1. The van der Waals surface area contributed by atoms with E-state index in [1.807, 2.05) is 0 Å². The number of esters is 1. The fraction of sp³-hybridized carbons (Fsp3) is 0.650. The Morgan fingerprint density at radius 3 is 2.30 bits per heavy atom. The molecule has 1 aromatic rings. The number of hydrogen-bond acceptors (Lipinski definition) is 6. The van der Waals surface area contributed by atoms with E-state index in [4.69, 9.17) is 4.74 Å². The monoisotopic (exact) mass is 431 g/mol. The van der Waals surface area contributed by atoms with Crippen LogP contribution in [0.2, 0.25) is 0 Å². The SMILES string of the molecule is COC(=O)c1ccc(C(F)(F)F)c(N[C@@H](C)C2CCN(C(=O)OC(C)(C)C)CC2)n1. The Labute approximate surface area is 173 Å². The predicted octanol–water partition coefficient (Wildman–Crippen LogP) is 4.33. The van der Waals surface area contributed by atoms with E-state index in [-0.39, 0.29) is 17.7 Å². The molecule has 0 spiro atoms. The molecule has 30 heavy (non-hydrogen) atoms. The second-order valence-electron chi connectivity index (χ2n) is 8.32. The summed E-state index contributed by atoms with van der Waals surface area (Å²) in [5, 5.41) is 2.81. The zero-order valence-electron chi connectivity index (χ0n) is 17.8. The van der Waals surface area contributed by atoms with Crippen LogP contribution in [-0.2, 0) is 15.7 Å². The van der Waals surface area contributed by atoms with Crippen LogP contribution in [-0.4, -0.2) is 53.8 Å². The zero-order valence-corrected chi connectivity index (χ0v) is 17.8. The van der Waals surface area contributed by atoms with E-state index >= 15 is 0 Å². The standard InChI is InChI=1S/C20H28F3N3O4/c1-12(13-8-10-26(11-9-13)18(28)30-19(2,3)4)24-16-14(20(21,22)23)6-7-15(25-16)17(27)29-5/h6-7,12-13H,8-11H2,1-5H3,(H,24,25)/t12-/m0/s1. The molecule has 1 saturated heterocycles. The van der Waals surface area contributed by atoms with Crippen molar-refractivity contribution in [3.8, 4) is 0 Å². The maximum atomic E-state index is 13.4. The van der Waals surface area contributed by atoms with E-state index in [1.165, 1.54) is 0 Å². The predicted molar refractivity (Wildman–Crippen MR) is 104 cm³/mol. The van der Waals surface area contributed by atoms with Gasteiger partial charge in [-0.25, -0.2) is 14.6 Å². The van der Waals surface area contributed by atoms with Gasteiger partial charge >= 0.3 is 18.2 Å². The minimum absolute atomic E-state index is 0.0216. The largest absolute Gasteiger partial charge is 0.464 e. The Kier molecular flexibility index (Phi) is 7.20. The third kappa shape index (κ3) is 6.24. The number of carbonyl (C=O) groups excluding carboxylic acids is 2. The number of methoxy groups -OCH3 is 1. The molecule has 10 heteroatoms. The second kappa shape index (κ2) is 9.09. The highest BCUT2D eigenvalue weighted by molar-refractivity contribution is 5.87. The van der Waals surface area contributed by atoms with Crippen molar-refractivity contribution >= 4 is 17.9 Å². The van der Waals surface area contributed by atoms with Gasteiger partial charge in [0.1, 0.15) is 11.4 Å². The van der Waals surface area contributed by atoms with Gasteiger partial charge < -0.3 is 19.7 Å². The van der Waals surface area contributed by atoms with Crippen LogP contribution < -0.4 is 5.32 Å². The number of alkyl halides is 3. The number of carbonyl (C=O) groups is 2. The summed E-state index contributed by atoms with van der Waals surface area (Å²) in [4.78, 5) is 29.3. The van der Waals surface area contributed by atoms with Crippen molar-refractivity contribution in [2.45, 2.75) is 58.4 Å².